The Labute approximate surface area is 121 Å². The van der Waals surface area contributed by atoms with Crippen molar-refractivity contribution < 1.29 is 14.6 Å². The molecule has 0 atom stereocenters. The Morgan fingerprint density at radius 1 is 1.10 bits per heavy atom. The molecule has 0 saturated heterocycles. The zero-order valence-electron chi connectivity index (χ0n) is 13.4. The third kappa shape index (κ3) is 3.21. The van der Waals surface area contributed by atoms with Gasteiger partial charge in [-0.15, -0.1) is 0 Å². The molecule has 0 aromatic heterocycles. The summed E-state index contributed by atoms with van der Waals surface area (Å²) >= 11 is 0. The standard InChI is InChI=1S/C17H24O3/c1-10-8-11(2)13(12(3)9-10)14(16(19)20-7)15(18)17(4,5)6/h8-9,18H,1-7H3/b15-14+. The molecule has 3 heteroatoms. The van der Waals surface area contributed by atoms with E-state index in [0.29, 0.717) is 0 Å². The summed E-state index contributed by atoms with van der Waals surface area (Å²) in [5, 5.41) is 10.5. The summed E-state index contributed by atoms with van der Waals surface area (Å²) in [7, 11) is 1.33. The van der Waals surface area contributed by atoms with Crippen molar-refractivity contribution in [1.29, 1.82) is 0 Å². The van der Waals surface area contributed by atoms with Crippen molar-refractivity contribution in [2.24, 2.45) is 5.41 Å². The van der Waals surface area contributed by atoms with E-state index in [1.807, 2.05) is 53.7 Å². The molecule has 110 valence electrons. The predicted octanol–water partition coefficient (Wildman–Crippen LogP) is 4.10. The van der Waals surface area contributed by atoms with Gasteiger partial charge in [-0.2, -0.15) is 0 Å². The number of allylic oxidation sites excluding steroid dienone is 1. The van der Waals surface area contributed by atoms with Crippen molar-refractivity contribution in [2.75, 3.05) is 7.11 Å². The van der Waals surface area contributed by atoms with Crippen LogP contribution in [0.25, 0.3) is 5.57 Å². The van der Waals surface area contributed by atoms with Crippen LogP contribution >= 0.6 is 0 Å². The number of hydrogen-bond acceptors (Lipinski definition) is 3. The minimum Gasteiger partial charge on any atom is -0.511 e. The van der Waals surface area contributed by atoms with Crippen LogP contribution in [0.4, 0.5) is 0 Å². The molecule has 1 rings (SSSR count). The Kier molecular flexibility index (Phi) is 4.64. The molecular formula is C17H24O3. The van der Waals surface area contributed by atoms with Gasteiger partial charge in [0.05, 0.1) is 7.11 Å². The number of carbonyl (C=O) groups is 1. The Bertz CT molecular complexity index is 537. The molecule has 1 aromatic rings. The van der Waals surface area contributed by atoms with Crippen molar-refractivity contribution in [3.8, 4) is 0 Å². The fraction of sp³-hybridized carbons (Fsp3) is 0.471. The molecule has 20 heavy (non-hydrogen) atoms. The lowest BCUT2D eigenvalue weighted by Crippen LogP contribution is -2.17. The number of aryl methyl sites for hydroxylation is 3. The monoisotopic (exact) mass is 276 g/mol. The fourth-order valence-electron chi connectivity index (χ4n) is 2.37. The normalized spacial score (nSPS) is 12.9. The van der Waals surface area contributed by atoms with Crippen molar-refractivity contribution in [3.63, 3.8) is 0 Å². The largest absolute Gasteiger partial charge is 0.511 e. The number of ether oxygens (including phenoxy) is 1. The Morgan fingerprint density at radius 2 is 1.55 bits per heavy atom. The maximum Gasteiger partial charge on any atom is 0.341 e. The van der Waals surface area contributed by atoms with Crippen molar-refractivity contribution in [2.45, 2.75) is 41.5 Å². The quantitative estimate of drug-likeness (QED) is 0.502. The molecule has 0 saturated carbocycles. The number of carbonyl (C=O) groups excluding carboxylic acids is 1. The van der Waals surface area contributed by atoms with Gasteiger partial charge in [0.25, 0.3) is 0 Å². The van der Waals surface area contributed by atoms with E-state index in [-0.39, 0.29) is 11.3 Å². The zero-order chi connectivity index (χ0) is 15.7. The molecule has 0 fully saturated rings. The van der Waals surface area contributed by atoms with Crippen LogP contribution in [0.1, 0.15) is 43.0 Å². The van der Waals surface area contributed by atoms with Crippen LogP contribution in [-0.4, -0.2) is 18.2 Å². The molecule has 1 aromatic carbocycles. The van der Waals surface area contributed by atoms with E-state index in [1.165, 1.54) is 7.11 Å². The molecule has 0 amide bonds. The lowest BCUT2D eigenvalue weighted by atomic mass is 9.85. The number of methoxy groups -OCH3 is 1. The third-order valence-electron chi connectivity index (χ3n) is 3.26. The first kappa shape index (κ1) is 16.3. The van der Waals surface area contributed by atoms with E-state index < -0.39 is 11.4 Å². The molecule has 0 aliphatic heterocycles. The Balaban J connectivity index is 3.70. The van der Waals surface area contributed by atoms with E-state index in [0.717, 1.165) is 22.3 Å². The van der Waals surface area contributed by atoms with Crippen molar-refractivity contribution in [1.82, 2.24) is 0 Å². The van der Waals surface area contributed by atoms with Crippen LogP contribution in [0.3, 0.4) is 0 Å². The molecule has 0 heterocycles. The summed E-state index contributed by atoms with van der Waals surface area (Å²) in [5.41, 5.74) is 3.54. The fourth-order valence-corrected chi connectivity index (χ4v) is 2.37. The average Bonchev–Trinajstić information content (AvgIpc) is 2.30. The molecule has 0 radical (unpaired) electrons. The lowest BCUT2D eigenvalue weighted by molar-refractivity contribution is -0.133. The molecule has 3 nitrogen and oxygen atoms in total. The Hall–Kier alpha value is -1.77. The van der Waals surface area contributed by atoms with Crippen molar-refractivity contribution in [3.05, 3.63) is 40.1 Å². The van der Waals surface area contributed by atoms with Gasteiger partial charge in [0.1, 0.15) is 11.3 Å². The molecule has 0 aliphatic rings. The smallest absolute Gasteiger partial charge is 0.341 e. The van der Waals surface area contributed by atoms with Crippen molar-refractivity contribution >= 4 is 11.5 Å². The SMILES string of the molecule is COC(=O)/C(=C(/O)C(C)(C)C)c1c(C)cc(C)cc1C. The number of esters is 1. The van der Waals surface area contributed by atoms with Crippen LogP contribution in [0.2, 0.25) is 0 Å². The van der Waals surface area contributed by atoms with Crippen LogP contribution in [0.15, 0.2) is 17.9 Å². The Morgan fingerprint density at radius 3 is 1.90 bits per heavy atom. The summed E-state index contributed by atoms with van der Waals surface area (Å²) in [4.78, 5) is 12.1. The number of aliphatic hydroxyl groups is 1. The van der Waals surface area contributed by atoms with Gasteiger partial charge >= 0.3 is 5.97 Å². The van der Waals surface area contributed by atoms with E-state index >= 15 is 0 Å². The molecular weight excluding hydrogens is 252 g/mol. The van der Waals surface area contributed by atoms with E-state index in [9.17, 15) is 9.90 Å². The van der Waals surface area contributed by atoms with E-state index in [4.69, 9.17) is 4.74 Å². The first-order chi connectivity index (χ1) is 9.09. The van der Waals surface area contributed by atoms with Gasteiger partial charge in [-0.3, -0.25) is 0 Å². The first-order valence-electron chi connectivity index (χ1n) is 6.69. The minimum atomic E-state index is -0.521. The van der Waals surface area contributed by atoms with Gasteiger partial charge in [0, 0.05) is 5.41 Å². The third-order valence-corrected chi connectivity index (χ3v) is 3.26. The second-order valence-electron chi connectivity index (χ2n) is 6.24. The number of hydrogen-bond donors (Lipinski definition) is 1. The molecule has 0 bridgehead atoms. The summed E-state index contributed by atoms with van der Waals surface area (Å²) in [5.74, 6) is -0.452. The highest BCUT2D eigenvalue weighted by Gasteiger charge is 2.28. The number of aliphatic hydroxyl groups excluding tert-OH is 1. The average molecular weight is 276 g/mol. The molecule has 0 spiro atoms. The van der Waals surface area contributed by atoms with Crippen LogP contribution < -0.4 is 0 Å². The second-order valence-corrected chi connectivity index (χ2v) is 6.24. The molecule has 1 N–H and O–H groups in total. The van der Waals surface area contributed by atoms with Gasteiger partial charge in [0.2, 0.25) is 0 Å². The topological polar surface area (TPSA) is 46.5 Å². The van der Waals surface area contributed by atoms with Gasteiger partial charge in [-0.05, 0) is 37.5 Å². The van der Waals surface area contributed by atoms with Gasteiger partial charge in [-0.25, -0.2) is 4.79 Å². The van der Waals surface area contributed by atoms with Crippen LogP contribution in [0.5, 0.6) is 0 Å². The van der Waals surface area contributed by atoms with Gasteiger partial charge in [-0.1, -0.05) is 38.5 Å². The number of benzene rings is 1. The highest BCUT2D eigenvalue weighted by atomic mass is 16.5. The zero-order valence-corrected chi connectivity index (χ0v) is 13.4. The highest BCUT2D eigenvalue weighted by Crippen LogP contribution is 2.34. The summed E-state index contributed by atoms with van der Waals surface area (Å²) in [6.45, 7) is 11.5. The predicted molar refractivity (Wildman–Crippen MR) is 81.7 cm³/mol. The lowest BCUT2D eigenvalue weighted by Gasteiger charge is -2.23. The van der Waals surface area contributed by atoms with Crippen LogP contribution in [0, 0.1) is 26.2 Å². The van der Waals surface area contributed by atoms with E-state index in [2.05, 4.69) is 0 Å². The van der Waals surface area contributed by atoms with Gasteiger partial charge in [0.15, 0.2) is 0 Å². The van der Waals surface area contributed by atoms with Gasteiger partial charge < -0.3 is 9.84 Å². The maximum absolute atomic E-state index is 12.1. The summed E-state index contributed by atoms with van der Waals surface area (Å²) in [6, 6.07) is 4.00. The summed E-state index contributed by atoms with van der Waals surface area (Å²) in [6.07, 6.45) is 0. The molecule has 0 aliphatic carbocycles. The first-order valence-corrected chi connectivity index (χ1v) is 6.69. The summed E-state index contributed by atoms with van der Waals surface area (Å²) < 4.78 is 4.87. The van der Waals surface area contributed by atoms with Crippen LogP contribution in [-0.2, 0) is 9.53 Å². The maximum atomic E-state index is 12.1. The number of rotatable bonds is 2. The highest BCUT2D eigenvalue weighted by molar-refractivity contribution is 6.18. The van der Waals surface area contributed by atoms with E-state index in [1.54, 1.807) is 0 Å². The minimum absolute atomic E-state index is 0.0550. The second kappa shape index (κ2) is 5.70. The molecule has 0 unspecified atom stereocenters.